The monoisotopic (exact) mass is 402 g/mol. The number of para-hydroxylation sites is 3. The molecule has 2 aromatic carbocycles. The zero-order chi connectivity index (χ0) is 20.5. The Morgan fingerprint density at radius 2 is 1.93 bits per heavy atom. The van der Waals surface area contributed by atoms with Crippen LogP contribution in [0.4, 0.5) is 0 Å². The molecule has 0 spiro atoms. The summed E-state index contributed by atoms with van der Waals surface area (Å²) in [7, 11) is 1.76. The number of hydrogen-bond donors (Lipinski definition) is 0. The first-order chi connectivity index (χ1) is 14.7. The lowest BCUT2D eigenvalue weighted by atomic mass is 10.0. The summed E-state index contributed by atoms with van der Waals surface area (Å²) >= 11 is 0. The van der Waals surface area contributed by atoms with Crippen molar-refractivity contribution in [1.29, 1.82) is 0 Å². The number of fused-ring (bicyclic) bond motifs is 2. The Morgan fingerprint density at radius 1 is 1.07 bits per heavy atom. The van der Waals surface area contributed by atoms with Crippen molar-refractivity contribution in [3.63, 3.8) is 0 Å². The molecule has 0 bridgehead atoms. The number of carbonyl (C=O) groups excluding carboxylic acids is 1. The van der Waals surface area contributed by atoms with Crippen molar-refractivity contribution in [3.05, 3.63) is 71.9 Å². The van der Waals surface area contributed by atoms with E-state index in [2.05, 4.69) is 11.1 Å². The predicted octanol–water partition coefficient (Wildman–Crippen LogP) is 3.60. The fourth-order valence-corrected chi connectivity index (χ4v) is 3.86. The van der Waals surface area contributed by atoms with Crippen molar-refractivity contribution in [1.82, 2.24) is 9.88 Å². The molecule has 1 aromatic heterocycles. The normalized spacial score (nSPS) is 16.5. The first-order valence-corrected chi connectivity index (χ1v) is 10.0. The molecular weight excluding hydrogens is 380 g/mol. The van der Waals surface area contributed by atoms with Gasteiger partial charge in [-0.05, 0) is 35.9 Å². The van der Waals surface area contributed by atoms with Gasteiger partial charge in [-0.25, -0.2) is 0 Å². The molecule has 0 saturated carbocycles. The number of amides is 1. The molecule has 0 saturated heterocycles. The third-order valence-electron chi connectivity index (χ3n) is 5.39. The third-order valence-corrected chi connectivity index (χ3v) is 5.39. The minimum Gasteiger partial charge on any atom is -0.492 e. The highest BCUT2D eigenvalue weighted by atomic mass is 16.6. The fourth-order valence-electron chi connectivity index (χ4n) is 3.86. The van der Waals surface area contributed by atoms with E-state index >= 15 is 0 Å². The number of ether oxygens (including phenoxy) is 3. The lowest BCUT2D eigenvalue weighted by Crippen LogP contribution is -2.41. The van der Waals surface area contributed by atoms with Crippen molar-refractivity contribution in [2.75, 3.05) is 26.8 Å². The van der Waals surface area contributed by atoms with Crippen molar-refractivity contribution in [3.8, 4) is 28.5 Å². The molecule has 0 radical (unpaired) electrons. The second kappa shape index (κ2) is 7.71. The summed E-state index contributed by atoms with van der Waals surface area (Å²) in [6, 6.07) is 17.3. The van der Waals surface area contributed by atoms with Crippen molar-refractivity contribution >= 4 is 5.91 Å². The van der Waals surface area contributed by atoms with Crippen LogP contribution in [0.25, 0.3) is 11.3 Å². The molecule has 0 N–H and O–H groups in total. The van der Waals surface area contributed by atoms with Crippen LogP contribution in [0.5, 0.6) is 17.2 Å². The summed E-state index contributed by atoms with van der Waals surface area (Å²) in [4.78, 5) is 19.0. The maximum Gasteiger partial charge on any atom is 0.255 e. The smallest absolute Gasteiger partial charge is 0.255 e. The van der Waals surface area contributed by atoms with Crippen LogP contribution < -0.4 is 14.2 Å². The molecule has 1 amide bonds. The molecule has 6 heteroatoms. The molecule has 3 heterocycles. The molecule has 2 aliphatic rings. The summed E-state index contributed by atoms with van der Waals surface area (Å²) in [6.45, 7) is 1.53. The van der Waals surface area contributed by atoms with Crippen LogP contribution in [0, 0.1) is 0 Å². The minimum atomic E-state index is -0.217. The molecule has 6 nitrogen and oxygen atoms in total. The number of likely N-dealkylation sites (N-methyl/N-ethyl adjacent to an activating group) is 1. The first kappa shape index (κ1) is 18.5. The van der Waals surface area contributed by atoms with Gasteiger partial charge < -0.3 is 19.1 Å². The van der Waals surface area contributed by atoms with Crippen molar-refractivity contribution in [2.24, 2.45) is 0 Å². The lowest BCUT2D eigenvalue weighted by molar-refractivity contribution is 0.0520. The van der Waals surface area contributed by atoms with Gasteiger partial charge in [-0.2, -0.15) is 0 Å². The Kier molecular flexibility index (Phi) is 4.75. The number of pyridine rings is 1. The average Bonchev–Trinajstić information content (AvgIpc) is 3.28. The molecule has 0 aliphatic carbocycles. The minimum absolute atomic E-state index is 0.106. The number of aromatic nitrogens is 1. The highest BCUT2D eigenvalue weighted by Crippen LogP contribution is 2.36. The third kappa shape index (κ3) is 3.45. The molecule has 1 atom stereocenters. The number of carbonyl (C=O) groups is 1. The maximum atomic E-state index is 12.9. The molecule has 152 valence electrons. The highest BCUT2D eigenvalue weighted by molar-refractivity contribution is 5.94. The quantitative estimate of drug-likeness (QED) is 0.667. The largest absolute Gasteiger partial charge is 0.492 e. The van der Waals surface area contributed by atoms with Crippen molar-refractivity contribution < 1.29 is 19.0 Å². The lowest BCUT2D eigenvalue weighted by Gasteiger charge is -2.29. The summed E-state index contributed by atoms with van der Waals surface area (Å²) in [5.74, 6) is 2.24. The van der Waals surface area contributed by atoms with E-state index in [4.69, 9.17) is 14.2 Å². The van der Waals surface area contributed by atoms with Gasteiger partial charge in [0.2, 0.25) is 0 Å². The van der Waals surface area contributed by atoms with E-state index in [1.54, 1.807) is 18.1 Å². The number of benzene rings is 2. The second-order valence-corrected chi connectivity index (χ2v) is 7.51. The average molecular weight is 402 g/mol. The van der Waals surface area contributed by atoms with Gasteiger partial charge in [0, 0.05) is 25.2 Å². The van der Waals surface area contributed by atoms with Crippen molar-refractivity contribution in [2.45, 2.75) is 12.5 Å². The van der Waals surface area contributed by atoms with E-state index in [1.807, 2.05) is 48.5 Å². The summed E-state index contributed by atoms with van der Waals surface area (Å²) in [6.07, 6.45) is 2.32. The van der Waals surface area contributed by atoms with Gasteiger partial charge >= 0.3 is 0 Å². The van der Waals surface area contributed by atoms with Crippen LogP contribution in [0.1, 0.15) is 15.9 Å². The first-order valence-electron chi connectivity index (χ1n) is 10.0. The molecule has 3 aromatic rings. The van der Waals surface area contributed by atoms with Crippen LogP contribution in [0.3, 0.4) is 0 Å². The SMILES string of the molecule is CN(CC1COc2ccccc2O1)C(=O)c1ccc(-c2cccc3c2OCC3)nc1. The summed E-state index contributed by atoms with van der Waals surface area (Å²) in [5, 5.41) is 0. The Bertz CT molecular complexity index is 1080. The molecule has 2 aliphatic heterocycles. The Hall–Kier alpha value is -3.54. The van der Waals surface area contributed by atoms with Gasteiger partial charge in [0.15, 0.2) is 17.6 Å². The maximum absolute atomic E-state index is 12.9. The zero-order valence-corrected chi connectivity index (χ0v) is 16.7. The van der Waals surface area contributed by atoms with E-state index in [9.17, 15) is 4.79 Å². The van der Waals surface area contributed by atoms with E-state index in [0.29, 0.717) is 31.1 Å². The van der Waals surface area contributed by atoms with Crippen LogP contribution in [-0.2, 0) is 6.42 Å². The number of hydrogen-bond acceptors (Lipinski definition) is 5. The van der Waals surface area contributed by atoms with Gasteiger partial charge in [-0.1, -0.05) is 24.3 Å². The van der Waals surface area contributed by atoms with E-state index in [0.717, 1.165) is 29.2 Å². The molecular formula is C24H22N2O4. The second-order valence-electron chi connectivity index (χ2n) is 7.51. The molecule has 30 heavy (non-hydrogen) atoms. The molecule has 5 rings (SSSR count). The molecule has 0 fully saturated rings. The van der Waals surface area contributed by atoms with Crippen LogP contribution >= 0.6 is 0 Å². The topological polar surface area (TPSA) is 60.9 Å². The van der Waals surface area contributed by atoms with E-state index in [-0.39, 0.29) is 12.0 Å². The van der Waals surface area contributed by atoms with Gasteiger partial charge in [-0.15, -0.1) is 0 Å². The van der Waals surface area contributed by atoms with Gasteiger partial charge in [0.25, 0.3) is 5.91 Å². The predicted molar refractivity (Wildman–Crippen MR) is 112 cm³/mol. The molecule has 1 unspecified atom stereocenters. The summed E-state index contributed by atoms with van der Waals surface area (Å²) in [5.41, 5.74) is 3.50. The van der Waals surface area contributed by atoms with Gasteiger partial charge in [-0.3, -0.25) is 9.78 Å². The van der Waals surface area contributed by atoms with Crippen LogP contribution in [0.15, 0.2) is 60.8 Å². The fraction of sp³-hybridized carbons (Fsp3) is 0.250. The summed E-state index contributed by atoms with van der Waals surface area (Å²) < 4.78 is 17.5. The van der Waals surface area contributed by atoms with Gasteiger partial charge in [0.1, 0.15) is 12.4 Å². The van der Waals surface area contributed by atoms with E-state index < -0.39 is 0 Å². The van der Waals surface area contributed by atoms with Gasteiger partial charge in [0.05, 0.1) is 24.4 Å². The zero-order valence-electron chi connectivity index (χ0n) is 16.7. The van der Waals surface area contributed by atoms with E-state index in [1.165, 1.54) is 5.56 Å². The highest BCUT2D eigenvalue weighted by Gasteiger charge is 2.24. The van der Waals surface area contributed by atoms with Crippen LogP contribution in [-0.4, -0.2) is 48.7 Å². The Balaban J connectivity index is 1.27. The standard InChI is InChI=1S/C24H22N2O4/c1-26(14-18-15-29-21-7-2-3-8-22(21)30-18)24(27)17-9-10-20(25-13-17)19-6-4-5-16-11-12-28-23(16)19/h2-10,13,18H,11-12,14-15H2,1H3. The number of rotatable bonds is 4. The Labute approximate surface area is 175 Å². The Morgan fingerprint density at radius 3 is 2.77 bits per heavy atom. The number of nitrogens with zero attached hydrogens (tertiary/aromatic N) is 2. The van der Waals surface area contributed by atoms with Crippen LogP contribution in [0.2, 0.25) is 0 Å².